The molecule has 1 nitrogen and oxygen atoms in total. The number of halogens is 1. The van der Waals surface area contributed by atoms with Crippen molar-refractivity contribution in [2.45, 2.75) is 38.4 Å². The number of ether oxygens (including phenoxy) is 1. The Bertz CT molecular complexity index is 113. The van der Waals surface area contributed by atoms with Crippen LogP contribution in [0.25, 0.3) is 0 Å². The van der Waals surface area contributed by atoms with Crippen LogP contribution in [0.4, 0.5) is 0 Å². The normalized spacial score (nSPS) is 18.0. The van der Waals surface area contributed by atoms with Crippen LogP contribution in [0.3, 0.4) is 0 Å². The summed E-state index contributed by atoms with van der Waals surface area (Å²) in [5.41, 5.74) is 0.358. The summed E-state index contributed by atoms with van der Waals surface area (Å²) in [7, 11) is 1.74. The Balaban J connectivity index is 3.91. The quantitative estimate of drug-likeness (QED) is 0.667. The number of hydrogen-bond donors (Lipinski definition) is 0. The SMILES string of the molecule is COCC(C)(Br)CC(C)(C)C. The van der Waals surface area contributed by atoms with Crippen LogP contribution in [0.15, 0.2) is 0 Å². The minimum atomic E-state index is 0.125. The molecule has 0 aliphatic rings. The first-order valence-corrected chi connectivity index (χ1v) is 4.74. The molecule has 0 aromatic heterocycles. The van der Waals surface area contributed by atoms with Gasteiger partial charge in [0.1, 0.15) is 0 Å². The van der Waals surface area contributed by atoms with Gasteiger partial charge in [-0.2, -0.15) is 0 Å². The zero-order valence-electron chi connectivity index (χ0n) is 8.20. The van der Waals surface area contributed by atoms with E-state index in [2.05, 4.69) is 43.6 Å². The fourth-order valence-electron chi connectivity index (χ4n) is 1.46. The second kappa shape index (κ2) is 3.90. The first-order chi connectivity index (χ1) is 4.77. The van der Waals surface area contributed by atoms with Crippen LogP contribution in [0.1, 0.15) is 34.1 Å². The first-order valence-electron chi connectivity index (χ1n) is 3.95. The molecule has 0 fully saturated rings. The predicted molar refractivity (Wildman–Crippen MR) is 53.3 cm³/mol. The van der Waals surface area contributed by atoms with Crippen LogP contribution in [-0.4, -0.2) is 18.0 Å². The highest BCUT2D eigenvalue weighted by Gasteiger charge is 2.26. The van der Waals surface area contributed by atoms with Gasteiger partial charge >= 0.3 is 0 Å². The van der Waals surface area contributed by atoms with Crippen molar-refractivity contribution in [2.75, 3.05) is 13.7 Å². The van der Waals surface area contributed by atoms with E-state index in [1.807, 2.05) is 0 Å². The minimum Gasteiger partial charge on any atom is -0.383 e. The van der Waals surface area contributed by atoms with E-state index in [1.54, 1.807) is 7.11 Å². The summed E-state index contributed by atoms with van der Waals surface area (Å²) >= 11 is 3.65. The van der Waals surface area contributed by atoms with Crippen molar-refractivity contribution in [2.24, 2.45) is 5.41 Å². The Hall–Kier alpha value is 0.440. The van der Waals surface area contributed by atoms with Gasteiger partial charge in [0, 0.05) is 11.4 Å². The standard InChI is InChI=1S/C9H19BrO/c1-8(2,3)6-9(4,10)7-11-5/h6-7H2,1-5H3. The van der Waals surface area contributed by atoms with Gasteiger partial charge in [-0.25, -0.2) is 0 Å². The smallest absolute Gasteiger partial charge is 0.0613 e. The molecule has 0 aromatic carbocycles. The van der Waals surface area contributed by atoms with E-state index >= 15 is 0 Å². The van der Waals surface area contributed by atoms with Gasteiger partial charge in [-0.1, -0.05) is 36.7 Å². The molecule has 0 saturated carbocycles. The lowest BCUT2D eigenvalue weighted by molar-refractivity contribution is 0.154. The van der Waals surface area contributed by atoms with E-state index in [9.17, 15) is 0 Å². The van der Waals surface area contributed by atoms with Crippen LogP contribution in [0.5, 0.6) is 0 Å². The van der Waals surface area contributed by atoms with Crippen molar-refractivity contribution in [1.29, 1.82) is 0 Å². The van der Waals surface area contributed by atoms with Crippen molar-refractivity contribution in [3.05, 3.63) is 0 Å². The van der Waals surface area contributed by atoms with E-state index < -0.39 is 0 Å². The molecule has 68 valence electrons. The number of methoxy groups -OCH3 is 1. The lowest BCUT2D eigenvalue weighted by Crippen LogP contribution is -2.28. The van der Waals surface area contributed by atoms with Crippen molar-refractivity contribution < 1.29 is 4.74 Å². The molecule has 0 amide bonds. The predicted octanol–water partition coefficient (Wildman–Crippen LogP) is 3.22. The third-order valence-electron chi connectivity index (χ3n) is 1.34. The molecule has 0 bridgehead atoms. The fourth-order valence-corrected chi connectivity index (χ4v) is 2.53. The molecule has 0 radical (unpaired) electrons. The lowest BCUT2D eigenvalue weighted by atomic mass is 9.86. The van der Waals surface area contributed by atoms with Gasteiger partial charge in [0.15, 0.2) is 0 Å². The van der Waals surface area contributed by atoms with Gasteiger partial charge in [-0.15, -0.1) is 0 Å². The van der Waals surface area contributed by atoms with Gasteiger partial charge < -0.3 is 4.74 Å². The van der Waals surface area contributed by atoms with E-state index in [4.69, 9.17) is 4.74 Å². The van der Waals surface area contributed by atoms with Crippen LogP contribution in [-0.2, 0) is 4.74 Å². The molecule has 0 N–H and O–H groups in total. The molecule has 2 heteroatoms. The van der Waals surface area contributed by atoms with Gasteiger partial charge in [-0.3, -0.25) is 0 Å². The molecule has 1 atom stereocenters. The summed E-state index contributed by atoms with van der Waals surface area (Å²) in [5, 5.41) is 0. The van der Waals surface area contributed by atoms with E-state index in [-0.39, 0.29) is 4.32 Å². The zero-order chi connectivity index (χ0) is 9.12. The first kappa shape index (κ1) is 11.4. The highest BCUT2D eigenvalue weighted by Crippen LogP contribution is 2.33. The Kier molecular flexibility index (Phi) is 4.06. The average molecular weight is 223 g/mol. The molecule has 0 aromatic rings. The summed E-state index contributed by atoms with van der Waals surface area (Å²) in [6.45, 7) is 9.65. The zero-order valence-corrected chi connectivity index (χ0v) is 9.79. The Morgan fingerprint density at radius 1 is 1.18 bits per heavy atom. The van der Waals surface area contributed by atoms with Gasteiger partial charge in [0.25, 0.3) is 0 Å². The topological polar surface area (TPSA) is 9.23 Å². The number of rotatable bonds is 3. The summed E-state index contributed by atoms with van der Waals surface area (Å²) in [6, 6.07) is 0. The third kappa shape index (κ3) is 6.82. The summed E-state index contributed by atoms with van der Waals surface area (Å²) in [6.07, 6.45) is 1.12. The Labute approximate surface area is 78.6 Å². The lowest BCUT2D eigenvalue weighted by Gasteiger charge is -2.29. The minimum absolute atomic E-state index is 0.125. The summed E-state index contributed by atoms with van der Waals surface area (Å²) in [5.74, 6) is 0. The molecular weight excluding hydrogens is 204 g/mol. The van der Waals surface area contributed by atoms with E-state index in [0.717, 1.165) is 13.0 Å². The second-order valence-corrected chi connectivity index (χ2v) is 6.50. The third-order valence-corrected chi connectivity index (χ3v) is 1.85. The van der Waals surface area contributed by atoms with Crippen molar-refractivity contribution in [3.8, 4) is 0 Å². The second-order valence-electron chi connectivity index (χ2n) is 4.58. The molecular formula is C9H19BrO. The van der Waals surface area contributed by atoms with E-state index in [1.165, 1.54) is 0 Å². The van der Waals surface area contributed by atoms with Crippen molar-refractivity contribution in [1.82, 2.24) is 0 Å². The van der Waals surface area contributed by atoms with Crippen LogP contribution in [0.2, 0.25) is 0 Å². The number of alkyl halides is 1. The number of hydrogen-bond acceptors (Lipinski definition) is 1. The maximum Gasteiger partial charge on any atom is 0.0613 e. The average Bonchev–Trinajstić information content (AvgIpc) is 1.55. The summed E-state index contributed by atoms with van der Waals surface area (Å²) in [4.78, 5) is 0. The van der Waals surface area contributed by atoms with E-state index in [0.29, 0.717) is 5.41 Å². The van der Waals surface area contributed by atoms with Crippen molar-refractivity contribution in [3.63, 3.8) is 0 Å². The van der Waals surface area contributed by atoms with Gasteiger partial charge in [0.05, 0.1) is 6.61 Å². The maximum atomic E-state index is 5.11. The van der Waals surface area contributed by atoms with Crippen LogP contribution < -0.4 is 0 Å². The Morgan fingerprint density at radius 2 is 1.64 bits per heavy atom. The molecule has 0 saturated heterocycles. The van der Waals surface area contributed by atoms with Crippen LogP contribution in [0, 0.1) is 5.41 Å². The van der Waals surface area contributed by atoms with Gasteiger partial charge in [-0.05, 0) is 18.8 Å². The highest BCUT2D eigenvalue weighted by atomic mass is 79.9. The maximum absolute atomic E-state index is 5.11. The molecule has 0 aliphatic carbocycles. The monoisotopic (exact) mass is 222 g/mol. The molecule has 1 unspecified atom stereocenters. The molecule has 0 heterocycles. The molecule has 0 spiro atoms. The molecule has 0 aliphatic heterocycles. The molecule has 0 rings (SSSR count). The summed E-state index contributed by atoms with van der Waals surface area (Å²) < 4.78 is 5.23. The van der Waals surface area contributed by atoms with Crippen molar-refractivity contribution >= 4 is 15.9 Å². The highest BCUT2D eigenvalue weighted by molar-refractivity contribution is 9.10. The van der Waals surface area contributed by atoms with Gasteiger partial charge in [0.2, 0.25) is 0 Å². The molecule has 11 heavy (non-hydrogen) atoms. The largest absolute Gasteiger partial charge is 0.383 e. The van der Waals surface area contributed by atoms with Crippen LogP contribution >= 0.6 is 15.9 Å². The fraction of sp³-hybridized carbons (Fsp3) is 1.00. The Morgan fingerprint density at radius 3 is 1.91 bits per heavy atom.